The number of rotatable bonds is 4. The number of amides is 2. The second-order valence-corrected chi connectivity index (χ2v) is 7.44. The van der Waals surface area contributed by atoms with Crippen LogP contribution in [0.25, 0.3) is 0 Å². The molecule has 0 fully saturated rings. The minimum atomic E-state index is -0.633. The molecule has 2 rings (SSSR count). The summed E-state index contributed by atoms with van der Waals surface area (Å²) in [6.07, 6.45) is 0. The molecule has 4 nitrogen and oxygen atoms in total. The normalized spacial score (nSPS) is 12.4. The van der Waals surface area contributed by atoms with Crippen molar-refractivity contribution < 1.29 is 14.0 Å². The molecule has 138 valence electrons. The number of nitrogens with one attached hydrogen (secondary N) is 2. The van der Waals surface area contributed by atoms with E-state index in [0.717, 1.165) is 5.56 Å². The fourth-order valence-corrected chi connectivity index (χ4v) is 2.61. The second kappa shape index (κ2) is 7.68. The van der Waals surface area contributed by atoms with Crippen molar-refractivity contribution in [1.82, 2.24) is 5.32 Å². The van der Waals surface area contributed by atoms with E-state index >= 15 is 0 Å². The van der Waals surface area contributed by atoms with Crippen LogP contribution in [0, 0.1) is 5.82 Å². The molecule has 2 aromatic carbocycles. The van der Waals surface area contributed by atoms with Gasteiger partial charge in [-0.15, -0.1) is 0 Å². The molecule has 0 saturated heterocycles. The van der Waals surface area contributed by atoms with Crippen molar-refractivity contribution in [2.75, 3.05) is 5.32 Å². The lowest BCUT2D eigenvalue weighted by molar-refractivity contribution is -0.114. The number of carbonyl (C=O) groups is 2. The highest BCUT2D eigenvalue weighted by Crippen LogP contribution is 2.24. The molecular weight excluding hydrogens is 331 g/mol. The van der Waals surface area contributed by atoms with E-state index in [-0.39, 0.29) is 22.9 Å². The first-order valence-corrected chi connectivity index (χ1v) is 8.56. The third kappa shape index (κ3) is 4.91. The highest BCUT2D eigenvalue weighted by atomic mass is 19.1. The first-order chi connectivity index (χ1) is 12.1. The Balaban J connectivity index is 2.15. The van der Waals surface area contributed by atoms with Crippen LogP contribution in [0.4, 0.5) is 10.1 Å². The molecule has 0 saturated carbocycles. The van der Waals surface area contributed by atoms with Crippen LogP contribution < -0.4 is 10.6 Å². The molecule has 1 atom stereocenters. The van der Waals surface area contributed by atoms with Crippen LogP contribution in [-0.4, -0.2) is 11.8 Å². The Kier molecular flexibility index (Phi) is 5.80. The standard InChI is InChI=1S/C21H25FN2O2/c1-13(15-6-8-16(9-7-15)21(3,4)5)23-20(26)18-12-17(24-14(2)25)10-11-19(18)22/h6-13H,1-5H3,(H,23,26)(H,24,25). The van der Waals surface area contributed by atoms with E-state index < -0.39 is 11.7 Å². The highest BCUT2D eigenvalue weighted by molar-refractivity contribution is 5.97. The quantitative estimate of drug-likeness (QED) is 0.843. The van der Waals surface area contributed by atoms with Gasteiger partial charge in [0.05, 0.1) is 11.6 Å². The van der Waals surface area contributed by atoms with Gasteiger partial charge in [-0.2, -0.15) is 0 Å². The molecule has 2 N–H and O–H groups in total. The maximum atomic E-state index is 14.0. The molecular formula is C21H25FN2O2. The van der Waals surface area contributed by atoms with Crippen molar-refractivity contribution in [2.24, 2.45) is 0 Å². The topological polar surface area (TPSA) is 58.2 Å². The number of carbonyl (C=O) groups excluding carboxylic acids is 2. The van der Waals surface area contributed by atoms with Crippen LogP contribution in [0.1, 0.15) is 62.1 Å². The minimum Gasteiger partial charge on any atom is -0.345 e. The molecule has 0 aliphatic carbocycles. The first-order valence-electron chi connectivity index (χ1n) is 8.56. The fraction of sp³-hybridized carbons (Fsp3) is 0.333. The molecule has 0 heterocycles. The molecule has 26 heavy (non-hydrogen) atoms. The Labute approximate surface area is 153 Å². The van der Waals surface area contributed by atoms with Crippen molar-refractivity contribution in [3.05, 3.63) is 65.0 Å². The van der Waals surface area contributed by atoms with E-state index in [1.165, 1.54) is 30.7 Å². The lowest BCUT2D eigenvalue weighted by Crippen LogP contribution is -2.27. The number of benzene rings is 2. The van der Waals surface area contributed by atoms with Gasteiger partial charge in [-0.25, -0.2) is 4.39 Å². The van der Waals surface area contributed by atoms with Gasteiger partial charge in [-0.1, -0.05) is 45.0 Å². The summed E-state index contributed by atoms with van der Waals surface area (Å²) in [7, 11) is 0. The maximum Gasteiger partial charge on any atom is 0.254 e. The Bertz CT molecular complexity index is 808. The van der Waals surface area contributed by atoms with Gasteiger partial charge in [0.15, 0.2) is 0 Å². The molecule has 0 aliphatic rings. The lowest BCUT2D eigenvalue weighted by Gasteiger charge is -2.21. The van der Waals surface area contributed by atoms with Gasteiger partial charge in [-0.05, 0) is 41.7 Å². The summed E-state index contributed by atoms with van der Waals surface area (Å²) in [5, 5.41) is 5.35. The Morgan fingerprint density at radius 2 is 1.65 bits per heavy atom. The zero-order chi connectivity index (χ0) is 19.5. The van der Waals surface area contributed by atoms with E-state index in [4.69, 9.17) is 0 Å². The Hall–Kier alpha value is -2.69. The van der Waals surface area contributed by atoms with Crippen molar-refractivity contribution >= 4 is 17.5 Å². The molecule has 0 aliphatic heterocycles. The smallest absolute Gasteiger partial charge is 0.254 e. The average molecular weight is 356 g/mol. The van der Waals surface area contributed by atoms with Gasteiger partial charge in [0.25, 0.3) is 5.91 Å². The van der Waals surface area contributed by atoms with Crippen molar-refractivity contribution in [2.45, 2.75) is 46.1 Å². The average Bonchev–Trinajstić information content (AvgIpc) is 2.55. The molecule has 0 radical (unpaired) electrons. The van der Waals surface area contributed by atoms with Crippen LogP contribution in [0.2, 0.25) is 0 Å². The zero-order valence-corrected chi connectivity index (χ0v) is 15.8. The van der Waals surface area contributed by atoms with Gasteiger partial charge < -0.3 is 10.6 Å². The summed E-state index contributed by atoms with van der Waals surface area (Å²) in [6, 6.07) is 11.7. The van der Waals surface area contributed by atoms with E-state index in [9.17, 15) is 14.0 Å². The third-order valence-electron chi connectivity index (χ3n) is 4.16. The van der Waals surface area contributed by atoms with Gasteiger partial charge in [0.1, 0.15) is 5.82 Å². The van der Waals surface area contributed by atoms with E-state index in [1.54, 1.807) is 0 Å². The van der Waals surface area contributed by atoms with Gasteiger partial charge >= 0.3 is 0 Å². The number of anilines is 1. The highest BCUT2D eigenvalue weighted by Gasteiger charge is 2.18. The van der Waals surface area contributed by atoms with Gasteiger partial charge in [0, 0.05) is 12.6 Å². The summed E-state index contributed by atoms with van der Waals surface area (Å²) in [6.45, 7) is 9.61. The summed E-state index contributed by atoms with van der Waals surface area (Å²) >= 11 is 0. The Morgan fingerprint density at radius 3 is 2.19 bits per heavy atom. The summed E-state index contributed by atoms with van der Waals surface area (Å²) < 4.78 is 14.0. The van der Waals surface area contributed by atoms with Crippen LogP contribution in [-0.2, 0) is 10.2 Å². The number of hydrogen-bond acceptors (Lipinski definition) is 2. The van der Waals surface area contributed by atoms with Crippen LogP contribution in [0.3, 0.4) is 0 Å². The molecule has 5 heteroatoms. The predicted octanol–water partition coefficient (Wildman–Crippen LogP) is 4.57. The van der Waals surface area contributed by atoms with Crippen molar-refractivity contribution in [3.8, 4) is 0 Å². The Morgan fingerprint density at radius 1 is 1.04 bits per heavy atom. The molecule has 0 bridgehead atoms. The first kappa shape index (κ1) is 19.6. The van der Waals surface area contributed by atoms with Crippen molar-refractivity contribution in [3.63, 3.8) is 0 Å². The second-order valence-electron chi connectivity index (χ2n) is 7.44. The van der Waals surface area contributed by atoms with Crippen LogP contribution in [0.15, 0.2) is 42.5 Å². The molecule has 2 aromatic rings. The fourth-order valence-electron chi connectivity index (χ4n) is 2.61. The third-order valence-corrected chi connectivity index (χ3v) is 4.16. The van der Waals surface area contributed by atoms with E-state index in [0.29, 0.717) is 5.69 Å². The van der Waals surface area contributed by atoms with E-state index in [2.05, 4.69) is 31.4 Å². The minimum absolute atomic E-state index is 0.0539. The zero-order valence-electron chi connectivity index (χ0n) is 15.8. The maximum absolute atomic E-state index is 14.0. The summed E-state index contributed by atoms with van der Waals surface area (Å²) in [5.74, 6) is -1.44. The number of hydrogen-bond donors (Lipinski definition) is 2. The molecule has 0 aromatic heterocycles. The SMILES string of the molecule is CC(=O)Nc1ccc(F)c(C(=O)NC(C)c2ccc(C(C)(C)C)cc2)c1. The predicted molar refractivity (Wildman–Crippen MR) is 102 cm³/mol. The molecule has 0 spiro atoms. The van der Waals surface area contributed by atoms with E-state index in [1.807, 2.05) is 31.2 Å². The van der Waals surface area contributed by atoms with Gasteiger partial charge in [-0.3, -0.25) is 9.59 Å². The van der Waals surface area contributed by atoms with Crippen LogP contribution in [0.5, 0.6) is 0 Å². The summed E-state index contributed by atoms with van der Waals surface area (Å²) in [4.78, 5) is 23.6. The summed E-state index contributed by atoms with van der Waals surface area (Å²) in [5.41, 5.74) is 2.47. The molecule has 2 amide bonds. The number of halogens is 1. The van der Waals surface area contributed by atoms with Crippen LogP contribution >= 0.6 is 0 Å². The lowest BCUT2D eigenvalue weighted by atomic mass is 9.86. The van der Waals surface area contributed by atoms with Crippen molar-refractivity contribution in [1.29, 1.82) is 0 Å². The van der Waals surface area contributed by atoms with Gasteiger partial charge in [0.2, 0.25) is 5.91 Å². The molecule has 1 unspecified atom stereocenters. The monoisotopic (exact) mass is 356 g/mol. The largest absolute Gasteiger partial charge is 0.345 e.